The maximum atomic E-state index is 15.2. The van der Waals surface area contributed by atoms with Gasteiger partial charge in [-0.05, 0) is 26.0 Å². The Morgan fingerprint density at radius 1 is 1.30 bits per heavy atom. The van der Waals surface area contributed by atoms with Crippen molar-refractivity contribution in [1.82, 2.24) is 14.1 Å². The first kappa shape index (κ1) is 22.3. The lowest BCUT2D eigenvalue weighted by Gasteiger charge is -2.38. The van der Waals surface area contributed by atoms with Crippen LogP contribution in [0.1, 0.15) is 19.4 Å². The number of anilines is 1. The van der Waals surface area contributed by atoms with Crippen LogP contribution in [0, 0.1) is 5.82 Å². The van der Waals surface area contributed by atoms with Crippen molar-refractivity contribution < 1.29 is 17.6 Å². The van der Waals surface area contributed by atoms with E-state index in [9.17, 15) is 13.2 Å². The Labute approximate surface area is 176 Å². The lowest BCUT2D eigenvalue weighted by Crippen LogP contribution is -2.52. The van der Waals surface area contributed by atoms with Gasteiger partial charge in [0.2, 0.25) is 10.0 Å². The highest BCUT2D eigenvalue weighted by molar-refractivity contribution is 7.88. The van der Waals surface area contributed by atoms with Crippen molar-refractivity contribution >= 4 is 21.7 Å². The Balaban J connectivity index is 1.75. The molecule has 0 aromatic heterocycles. The third-order valence-corrected chi connectivity index (χ3v) is 6.73. The number of allylic oxidation sites excluding steroid dienone is 2. The quantitative estimate of drug-likeness (QED) is 0.733. The molecule has 0 bridgehead atoms. The summed E-state index contributed by atoms with van der Waals surface area (Å²) in [6.45, 7) is 5.39. The minimum absolute atomic E-state index is 0.0399. The molecule has 3 rings (SSSR count). The number of rotatable bonds is 5. The summed E-state index contributed by atoms with van der Waals surface area (Å²) in [6, 6.07) is 4.15. The molecule has 2 aliphatic heterocycles. The van der Waals surface area contributed by atoms with E-state index in [1.165, 1.54) is 15.5 Å². The van der Waals surface area contributed by atoms with Crippen LogP contribution in [0.2, 0.25) is 0 Å². The number of halogens is 1. The van der Waals surface area contributed by atoms with Crippen LogP contribution in [0.3, 0.4) is 0 Å². The number of hydrogen-bond acceptors (Lipinski definition) is 5. The van der Waals surface area contributed by atoms with Crippen LogP contribution in [0.5, 0.6) is 0 Å². The first-order chi connectivity index (χ1) is 14.1. The smallest absolute Gasteiger partial charge is 0.320 e. The first-order valence-corrected chi connectivity index (χ1v) is 11.6. The van der Waals surface area contributed by atoms with Gasteiger partial charge in [-0.2, -0.15) is 4.31 Å². The molecule has 8 nitrogen and oxygen atoms in total. The van der Waals surface area contributed by atoms with Crippen molar-refractivity contribution in [2.75, 3.05) is 31.2 Å². The second kappa shape index (κ2) is 8.75. The molecular formula is C20H28FN5O3S. The molecule has 1 fully saturated rings. The zero-order valence-corrected chi connectivity index (χ0v) is 18.2. The molecule has 2 atom stereocenters. The largest absolute Gasteiger partial charge is 0.351 e. The van der Waals surface area contributed by atoms with Gasteiger partial charge in [0.05, 0.1) is 18.0 Å². The number of nitrogens with zero attached hydrogens (tertiary/aromatic N) is 3. The molecule has 2 aliphatic rings. The zero-order chi connectivity index (χ0) is 22.1. The number of hydrogen-bond donors (Lipinski definition) is 2. The Morgan fingerprint density at radius 2 is 2.03 bits per heavy atom. The molecule has 1 aromatic rings. The maximum Gasteiger partial charge on any atom is 0.320 e. The fourth-order valence-corrected chi connectivity index (χ4v) is 4.67. The van der Waals surface area contributed by atoms with E-state index in [2.05, 4.69) is 10.2 Å². The molecule has 1 aromatic carbocycles. The number of carbonyl (C=O) groups is 1. The van der Waals surface area contributed by atoms with Gasteiger partial charge < -0.3 is 11.1 Å². The number of benzene rings is 1. The lowest BCUT2D eigenvalue weighted by molar-refractivity contribution is 0.121. The molecule has 3 N–H and O–H groups in total. The summed E-state index contributed by atoms with van der Waals surface area (Å²) in [5.41, 5.74) is 6.21. The third kappa shape index (κ3) is 4.82. The summed E-state index contributed by atoms with van der Waals surface area (Å²) in [7, 11) is -3.23. The van der Waals surface area contributed by atoms with E-state index in [-0.39, 0.29) is 17.8 Å². The fraction of sp³-hybridized carbons (Fsp3) is 0.450. The molecule has 0 radical (unpaired) electrons. The molecule has 1 unspecified atom stereocenters. The minimum Gasteiger partial charge on any atom is -0.351 e. The van der Waals surface area contributed by atoms with Gasteiger partial charge in [0, 0.05) is 37.8 Å². The Kier molecular flexibility index (Phi) is 6.49. The molecule has 0 spiro atoms. The van der Waals surface area contributed by atoms with E-state index in [0.717, 1.165) is 0 Å². The van der Waals surface area contributed by atoms with E-state index >= 15 is 4.39 Å². The Morgan fingerprint density at radius 3 is 2.67 bits per heavy atom. The van der Waals surface area contributed by atoms with Gasteiger partial charge in [-0.15, -0.1) is 0 Å². The van der Waals surface area contributed by atoms with E-state index in [1.807, 2.05) is 19.9 Å². The van der Waals surface area contributed by atoms with Crippen molar-refractivity contribution in [2.24, 2.45) is 5.73 Å². The first-order valence-electron chi connectivity index (χ1n) is 9.78. The minimum atomic E-state index is -3.23. The maximum absolute atomic E-state index is 15.2. The van der Waals surface area contributed by atoms with Gasteiger partial charge in [0.1, 0.15) is 5.82 Å². The van der Waals surface area contributed by atoms with Gasteiger partial charge >= 0.3 is 6.03 Å². The molecular weight excluding hydrogens is 409 g/mol. The molecule has 0 saturated carbocycles. The molecule has 2 amide bonds. The molecule has 2 heterocycles. The van der Waals surface area contributed by atoms with Crippen LogP contribution in [-0.2, 0) is 16.6 Å². The number of amides is 2. The van der Waals surface area contributed by atoms with E-state index < -0.39 is 21.9 Å². The van der Waals surface area contributed by atoms with E-state index in [4.69, 9.17) is 5.73 Å². The normalized spacial score (nSPS) is 23.3. The highest BCUT2D eigenvalue weighted by Crippen LogP contribution is 2.25. The van der Waals surface area contributed by atoms with Crippen LogP contribution < -0.4 is 11.1 Å². The fourth-order valence-electron chi connectivity index (χ4n) is 3.77. The monoisotopic (exact) mass is 437 g/mol. The number of sulfonamides is 1. The van der Waals surface area contributed by atoms with Crippen molar-refractivity contribution in [2.45, 2.75) is 32.5 Å². The van der Waals surface area contributed by atoms with Crippen molar-refractivity contribution in [3.63, 3.8) is 0 Å². The standard InChI is InChI=1S/C20H28FN5O3S/c1-14-6-4-9-18(26(14)20(22)27)23-17-8-5-7-16(19(17)21)13-24-10-11-25(12-15(24)2)30(3,28)29/h4-9,14-15,23H,10-13H2,1-3H3,(H2,22,27)/t14?,15-/m0/s1. The van der Waals surface area contributed by atoms with Gasteiger partial charge in [-0.1, -0.05) is 24.3 Å². The Bertz CT molecular complexity index is 979. The van der Waals surface area contributed by atoms with Crippen LogP contribution in [0.15, 0.2) is 42.2 Å². The molecule has 10 heteroatoms. The summed E-state index contributed by atoms with van der Waals surface area (Å²) >= 11 is 0. The number of nitrogens with one attached hydrogen (secondary N) is 1. The van der Waals surface area contributed by atoms with Crippen molar-refractivity contribution in [3.05, 3.63) is 53.6 Å². The molecule has 30 heavy (non-hydrogen) atoms. The number of nitrogens with two attached hydrogens (primary N) is 1. The second-order valence-electron chi connectivity index (χ2n) is 7.73. The summed E-state index contributed by atoms with van der Waals surface area (Å²) in [5.74, 6) is -0.00791. The Hall–Kier alpha value is -2.43. The van der Waals surface area contributed by atoms with Crippen molar-refractivity contribution in [1.29, 1.82) is 0 Å². The number of carbonyl (C=O) groups excluding carboxylic acids is 1. The number of urea groups is 1. The summed E-state index contributed by atoms with van der Waals surface area (Å²) in [4.78, 5) is 15.2. The molecule has 164 valence electrons. The lowest BCUT2D eigenvalue weighted by atomic mass is 10.1. The SMILES string of the molecule is CC1C=CC=C(Nc2cccc(CN3CCN(S(C)(=O)=O)C[C@@H]3C)c2F)N1C(N)=O. The van der Waals surface area contributed by atoms with Gasteiger partial charge in [0.25, 0.3) is 0 Å². The van der Waals surface area contributed by atoms with Gasteiger partial charge in [-0.25, -0.2) is 17.6 Å². The molecule has 0 aliphatic carbocycles. The van der Waals surface area contributed by atoms with Gasteiger partial charge in [0.15, 0.2) is 5.82 Å². The average molecular weight is 438 g/mol. The third-order valence-electron chi connectivity index (χ3n) is 5.46. The van der Waals surface area contributed by atoms with Crippen molar-refractivity contribution in [3.8, 4) is 0 Å². The van der Waals surface area contributed by atoms with Crippen LogP contribution in [0.25, 0.3) is 0 Å². The van der Waals surface area contributed by atoms with Crippen LogP contribution in [0.4, 0.5) is 14.9 Å². The highest BCUT2D eigenvalue weighted by Gasteiger charge is 2.29. The summed E-state index contributed by atoms with van der Waals surface area (Å²) < 4.78 is 40.2. The zero-order valence-electron chi connectivity index (χ0n) is 17.4. The predicted octanol–water partition coefficient (Wildman–Crippen LogP) is 1.88. The van der Waals surface area contributed by atoms with E-state index in [0.29, 0.717) is 37.6 Å². The highest BCUT2D eigenvalue weighted by atomic mass is 32.2. The van der Waals surface area contributed by atoms with E-state index in [1.54, 1.807) is 30.4 Å². The van der Waals surface area contributed by atoms with Crippen LogP contribution >= 0.6 is 0 Å². The van der Waals surface area contributed by atoms with Gasteiger partial charge in [-0.3, -0.25) is 9.80 Å². The predicted molar refractivity (Wildman–Crippen MR) is 114 cm³/mol. The summed E-state index contributed by atoms with van der Waals surface area (Å²) in [5, 5.41) is 2.98. The second-order valence-corrected chi connectivity index (χ2v) is 9.71. The topological polar surface area (TPSA) is 99.0 Å². The van der Waals surface area contributed by atoms with Crippen LogP contribution in [-0.4, -0.2) is 66.5 Å². The summed E-state index contributed by atoms with van der Waals surface area (Å²) in [6.07, 6.45) is 6.48. The molecule has 1 saturated heterocycles. The number of piperazine rings is 1. The number of primary amides is 1. The average Bonchev–Trinajstić information content (AvgIpc) is 2.65.